The molecule has 1 spiro atoms. The summed E-state index contributed by atoms with van der Waals surface area (Å²) < 4.78 is 0. The molecule has 3 heterocycles. The van der Waals surface area contributed by atoms with E-state index in [9.17, 15) is 0 Å². The largest absolute Gasteiger partial charge is 0.317 e. The van der Waals surface area contributed by atoms with Crippen molar-refractivity contribution < 1.29 is 0 Å². The van der Waals surface area contributed by atoms with E-state index in [2.05, 4.69) is 47.4 Å². The molecule has 2 aliphatic heterocycles. The van der Waals surface area contributed by atoms with Gasteiger partial charge in [-0.3, -0.25) is 4.90 Å². The molecule has 25 heavy (non-hydrogen) atoms. The molecule has 2 aromatic rings. The first-order valence-corrected chi connectivity index (χ1v) is 9.05. The SMILES string of the molecule is Cc1cc(C)cc(-n2ncc(CN3CCC4(CCNCC4)C3)n2)c1.Cl. The second-order valence-electron chi connectivity index (χ2n) is 7.68. The van der Waals surface area contributed by atoms with Crippen LogP contribution in [0.15, 0.2) is 24.4 Å². The van der Waals surface area contributed by atoms with Crippen molar-refractivity contribution in [3.63, 3.8) is 0 Å². The van der Waals surface area contributed by atoms with Crippen molar-refractivity contribution in [2.24, 2.45) is 5.41 Å². The molecular formula is C19H28ClN5. The fraction of sp³-hybridized carbons (Fsp3) is 0.579. The van der Waals surface area contributed by atoms with Crippen molar-refractivity contribution in [2.75, 3.05) is 26.2 Å². The van der Waals surface area contributed by atoms with Gasteiger partial charge in [-0.05, 0) is 81.4 Å². The number of nitrogens with zero attached hydrogens (tertiary/aromatic N) is 4. The number of hydrogen-bond donors (Lipinski definition) is 1. The maximum Gasteiger partial charge on any atom is 0.0971 e. The van der Waals surface area contributed by atoms with Crippen LogP contribution in [0.2, 0.25) is 0 Å². The number of benzene rings is 1. The Labute approximate surface area is 156 Å². The Morgan fingerprint density at radius 2 is 1.80 bits per heavy atom. The number of piperidine rings is 1. The molecule has 2 saturated heterocycles. The number of likely N-dealkylation sites (tertiary alicyclic amines) is 1. The summed E-state index contributed by atoms with van der Waals surface area (Å²) in [6.07, 6.45) is 5.89. The Morgan fingerprint density at radius 3 is 2.52 bits per heavy atom. The second-order valence-corrected chi connectivity index (χ2v) is 7.68. The van der Waals surface area contributed by atoms with Crippen LogP contribution in [-0.2, 0) is 6.54 Å². The highest BCUT2D eigenvalue weighted by molar-refractivity contribution is 5.85. The summed E-state index contributed by atoms with van der Waals surface area (Å²) >= 11 is 0. The van der Waals surface area contributed by atoms with Crippen LogP contribution in [0.1, 0.15) is 36.1 Å². The van der Waals surface area contributed by atoms with E-state index in [1.807, 2.05) is 6.20 Å². The van der Waals surface area contributed by atoms with E-state index in [4.69, 9.17) is 5.10 Å². The molecule has 4 rings (SSSR count). The molecule has 0 bridgehead atoms. The van der Waals surface area contributed by atoms with Gasteiger partial charge in [0.25, 0.3) is 0 Å². The molecule has 136 valence electrons. The zero-order valence-electron chi connectivity index (χ0n) is 15.2. The van der Waals surface area contributed by atoms with Gasteiger partial charge in [0.15, 0.2) is 0 Å². The third-order valence-electron chi connectivity index (χ3n) is 5.54. The van der Waals surface area contributed by atoms with E-state index in [0.29, 0.717) is 5.41 Å². The van der Waals surface area contributed by atoms with Crippen LogP contribution in [0.25, 0.3) is 5.69 Å². The maximum atomic E-state index is 4.71. The van der Waals surface area contributed by atoms with Crippen LogP contribution < -0.4 is 5.32 Å². The summed E-state index contributed by atoms with van der Waals surface area (Å²) in [5.74, 6) is 0. The topological polar surface area (TPSA) is 46.0 Å². The van der Waals surface area contributed by atoms with Gasteiger partial charge in [-0.15, -0.1) is 12.4 Å². The van der Waals surface area contributed by atoms with Crippen molar-refractivity contribution >= 4 is 12.4 Å². The van der Waals surface area contributed by atoms with E-state index in [-0.39, 0.29) is 12.4 Å². The lowest BCUT2D eigenvalue weighted by molar-refractivity contribution is 0.193. The zero-order chi connectivity index (χ0) is 16.6. The summed E-state index contributed by atoms with van der Waals surface area (Å²) in [7, 11) is 0. The lowest BCUT2D eigenvalue weighted by atomic mass is 9.78. The van der Waals surface area contributed by atoms with E-state index >= 15 is 0 Å². The average Bonchev–Trinajstić information content (AvgIpc) is 3.16. The molecule has 6 heteroatoms. The van der Waals surface area contributed by atoms with E-state index in [1.165, 1.54) is 56.6 Å². The molecule has 5 nitrogen and oxygen atoms in total. The molecule has 2 fully saturated rings. The molecule has 0 radical (unpaired) electrons. The van der Waals surface area contributed by atoms with Crippen molar-refractivity contribution in [1.29, 1.82) is 0 Å². The minimum absolute atomic E-state index is 0. The van der Waals surface area contributed by atoms with Gasteiger partial charge in [-0.25, -0.2) is 0 Å². The number of aryl methyl sites for hydroxylation is 2. The molecule has 1 aromatic carbocycles. The summed E-state index contributed by atoms with van der Waals surface area (Å²) in [5.41, 5.74) is 5.16. The van der Waals surface area contributed by atoms with Gasteiger partial charge in [0.1, 0.15) is 0 Å². The monoisotopic (exact) mass is 361 g/mol. The first-order chi connectivity index (χ1) is 11.6. The summed E-state index contributed by atoms with van der Waals surface area (Å²) in [6, 6.07) is 6.45. The second kappa shape index (κ2) is 7.44. The smallest absolute Gasteiger partial charge is 0.0971 e. The predicted molar refractivity (Wildman–Crippen MR) is 103 cm³/mol. The maximum absolute atomic E-state index is 4.71. The number of nitrogens with one attached hydrogen (secondary N) is 1. The van der Waals surface area contributed by atoms with E-state index < -0.39 is 0 Å². The minimum Gasteiger partial charge on any atom is -0.317 e. The Kier molecular flexibility index (Phi) is 5.46. The molecule has 0 saturated carbocycles. The van der Waals surface area contributed by atoms with Crippen molar-refractivity contribution in [2.45, 2.75) is 39.7 Å². The lowest BCUT2D eigenvalue weighted by Crippen LogP contribution is -2.38. The number of aromatic nitrogens is 3. The average molecular weight is 362 g/mol. The Morgan fingerprint density at radius 1 is 1.08 bits per heavy atom. The minimum atomic E-state index is 0. The van der Waals surface area contributed by atoms with Crippen LogP contribution in [0.4, 0.5) is 0 Å². The van der Waals surface area contributed by atoms with Crippen LogP contribution >= 0.6 is 12.4 Å². The Balaban J connectivity index is 0.00000182. The Hall–Kier alpha value is -1.43. The van der Waals surface area contributed by atoms with Crippen LogP contribution in [-0.4, -0.2) is 46.1 Å². The van der Waals surface area contributed by atoms with Gasteiger partial charge in [-0.1, -0.05) is 6.07 Å². The van der Waals surface area contributed by atoms with Gasteiger partial charge in [0, 0.05) is 13.1 Å². The standard InChI is InChI=1S/C19H27N5.ClH/c1-15-9-16(2)11-18(10-15)24-21-12-17(22-24)13-23-8-5-19(14-23)3-6-20-7-4-19;/h9-12,20H,3-8,13-14H2,1-2H3;1H. The van der Waals surface area contributed by atoms with E-state index in [1.54, 1.807) is 4.80 Å². The highest BCUT2D eigenvalue weighted by Gasteiger charge is 2.38. The van der Waals surface area contributed by atoms with Crippen molar-refractivity contribution in [3.8, 4) is 5.69 Å². The first kappa shape index (κ1) is 18.4. The molecule has 0 atom stereocenters. The molecule has 0 unspecified atom stereocenters. The zero-order valence-corrected chi connectivity index (χ0v) is 16.0. The fourth-order valence-corrected chi connectivity index (χ4v) is 4.31. The van der Waals surface area contributed by atoms with Crippen LogP contribution in [0.5, 0.6) is 0 Å². The summed E-state index contributed by atoms with van der Waals surface area (Å²) in [4.78, 5) is 4.33. The lowest BCUT2D eigenvalue weighted by Gasteiger charge is -2.33. The first-order valence-electron chi connectivity index (χ1n) is 9.05. The summed E-state index contributed by atoms with van der Waals surface area (Å²) in [6.45, 7) is 9.90. The van der Waals surface area contributed by atoms with Gasteiger partial charge in [0.05, 0.1) is 17.6 Å². The molecule has 2 aliphatic rings. The van der Waals surface area contributed by atoms with Gasteiger partial charge in [0.2, 0.25) is 0 Å². The molecule has 0 amide bonds. The van der Waals surface area contributed by atoms with Crippen molar-refractivity contribution in [1.82, 2.24) is 25.2 Å². The number of hydrogen-bond acceptors (Lipinski definition) is 4. The number of halogens is 1. The molecular weight excluding hydrogens is 334 g/mol. The van der Waals surface area contributed by atoms with Crippen LogP contribution in [0.3, 0.4) is 0 Å². The molecule has 1 N–H and O–H groups in total. The third kappa shape index (κ3) is 4.05. The normalized spacial score (nSPS) is 19.9. The third-order valence-corrected chi connectivity index (χ3v) is 5.54. The highest BCUT2D eigenvalue weighted by atomic mass is 35.5. The fourth-order valence-electron chi connectivity index (χ4n) is 4.31. The number of rotatable bonds is 3. The molecule has 1 aromatic heterocycles. The quantitative estimate of drug-likeness (QED) is 0.913. The van der Waals surface area contributed by atoms with Crippen LogP contribution in [0, 0.1) is 19.3 Å². The highest BCUT2D eigenvalue weighted by Crippen LogP contribution is 2.38. The van der Waals surface area contributed by atoms with Crippen molar-refractivity contribution in [3.05, 3.63) is 41.2 Å². The van der Waals surface area contributed by atoms with Gasteiger partial charge in [-0.2, -0.15) is 15.0 Å². The predicted octanol–water partition coefficient (Wildman–Crippen LogP) is 2.88. The van der Waals surface area contributed by atoms with Gasteiger partial charge >= 0.3 is 0 Å². The molecule has 0 aliphatic carbocycles. The summed E-state index contributed by atoms with van der Waals surface area (Å²) in [5, 5.41) is 12.7. The van der Waals surface area contributed by atoms with Gasteiger partial charge < -0.3 is 5.32 Å². The Bertz CT molecular complexity index is 700. The van der Waals surface area contributed by atoms with E-state index in [0.717, 1.165) is 17.9 Å².